The number of rotatable bonds is 4. The zero-order valence-electron chi connectivity index (χ0n) is 25.1. The molecule has 0 saturated carbocycles. The van der Waals surface area contributed by atoms with Gasteiger partial charge in [-0.1, -0.05) is 67.8 Å². The Morgan fingerprint density at radius 3 is 1.57 bits per heavy atom. The van der Waals surface area contributed by atoms with Crippen LogP contribution >= 0.6 is 0 Å². The predicted octanol–water partition coefficient (Wildman–Crippen LogP) is 10.8. The molecule has 0 atom stereocenters. The summed E-state index contributed by atoms with van der Waals surface area (Å²) in [6.07, 6.45) is 2.22. The fourth-order valence-corrected chi connectivity index (χ4v) is 6.24. The Hall–Kier alpha value is -3.67. The normalized spacial score (nSPS) is 10.7. The summed E-state index contributed by atoms with van der Waals surface area (Å²) < 4.78 is 1.42. The summed E-state index contributed by atoms with van der Waals surface area (Å²) in [5.74, 6) is 0. The molecule has 0 aliphatic heterocycles. The molecule has 0 radical (unpaired) electrons. The molecule has 0 amide bonds. The second-order valence-corrected chi connectivity index (χ2v) is 12.1. The van der Waals surface area contributed by atoms with Crippen LogP contribution in [0.5, 0.6) is 0 Å². The number of hydrogen-bond acceptors (Lipinski definition) is 0. The average molecular weight is 622 g/mol. The third kappa shape index (κ3) is 7.03. The fourth-order valence-electron chi connectivity index (χ4n) is 5.42. The quantitative estimate of drug-likeness (QED) is 0.172. The van der Waals surface area contributed by atoms with Gasteiger partial charge in [-0.3, -0.25) is 0 Å². The molecule has 0 spiro atoms. The molecule has 0 bridgehead atoms. The van der Waals surface area contributed by atoms with Crippen LogP contribution in [0.1, 0.15) is 47.2 Å². The van der Waals surface area contributed by atoms with E-state index in [4.69, 9.17) is 0 Å². The van der Waals surface area contributed by atoms with Crippen molar-refractivity contribution < 1.29 is 24.2 Å². The molecule has 1 heteroatoms. The molecule has 0 saturated heterocycles. The molecule has 7 aromatic carbocycles. The van der Waals surface area contributed by atoms with E-state index in [2.05, 4.69) is 161 Å². The second-order valence-electron chi connectivity index (χ2n) is 10.9. The van der Waals surface area contributed by atoms with Gasteiger partial charge >= 0.3 is 99.2 Å². The Bertz CT molecular complexity index is 1820. The van der Waals surface area contributed by atoms with Crippen LogP contribution in [0, 0.1) is 13.8 Å². The van der Waals surface area contributed by atoms with Gasteiger partial charge in [0.25, 0.3) is 0 Å². The molecule has 0 heterocycles. The number of benzene rings is 5. The molecule has 42 heavy (non-hydrogen) atoms. The summed E-state index contributed by atoms with van der Waals surface area (Å²) in [6.45, 7) is 8.69. The van der Waals surface area contributed by atoms with Gasteiger partial charge in [0.05, 0.1) is 0 Å². The van der Waals surface area contributed by atoms with Crippen molar-refractivity contribution in [3.05, 3.63) is 167 Å². The second kappa shape index (κ2) is 14.0. The Morgan fingerprint density at radius 1 is 0.571 bits per heavy atom. The van der Waals surface area contributed by atoms with Crippen LogP contribution in [0.3, 0.4) is 0 Å². The average Bonchev–Trinajstić information content (AvgIpc) is 3.60. The van der Waals surface area contributed by atoms with Crippen LogP contribution in [0.25, 0.3) is 32.3 Å². The molecule has 0 aliphatic carbocycles. The van der Waals surface area contributed by atoms with Gasteiger partial charge in [-0.05, 0) is 19.8 Å². The maximum absolute atomic E-state index is 2.32. The SMILES string of the molecule is CCc1ccc2c(c1)[cH-]c1cc(CC)ccc12.Cc1ccc2c(C)c[cH-]c2c1.[Zr+2]=[C](c1ccccc1)c1ccccc1. The zero-order chi connectivity index (χ0) is 29.5. The molecular weight excluding hydrogens is 584 g/mol. The number of fused-ring (bicyclic) bond motifs is 4. The van der Waals surface area contributed by atoms with Crippen molar-refractivity contribution in [2.45, 2.75) is 40.5 Å². The van der Waals surface area contributed by atoms with Crippen molar-refractivity contribution in [3.63, 3.8) is 0 Å². The topological polar surface area (TPSA) is 0 Å². The van der Waals surface area contributed by atoms with Crippen molar-refractivity contribution in [1.29, 1.82) is 0 Å². The fraction of sp³-hybridized carbons (Fsp3) is 0.146. The molecule has 206 valence electrons. The minimum absolute atomic E-state index is 1.11. The van der Waals surface area contributed by atoms with Crippen LogP contribution < -0.4 is 0 Å². The van der Waals surface area contributed by atoms with Crippen molar-refractivity contribution in [2.24, 2.45) is 0 Å². The van der Waals surface area contributed by atoms with E-state index in [-0.39, 0.29) is 0 Å². The van der Waals surface area contributed by atoms with Crippen molar-refractivity contribution in [2.75, 3.05) is 0 Å². The summed E-state index contributed by atoms with van der Waals surface area (Å²) in [7, 11) is 0. The zero-order valence-corrected chi connectivity index (χ0v) is 27.6. The number of hydrogen-bond donors (Lipinski definition) is 0. The van der Waals surface area contributed by atoms with E-state index in [1.165, 1.54) is 93.1 Å². The van der Waals surface area contributed by atoms with Crippen molar-refractivity contribution in [1.82, 2.24) is 0 Å². The van der Waals surface area contributed by atoms with Crippen molar-refractivity contribution >= 4 is 35.5 Å². The Balaban J connectivity index is 0.000000129. The summed E-state index contributed by atoms with van der Waals surface area (Å²) in [6, 6.07) is 48.0. The van der Waals surface area contributed by atoms with E-state index in [0.717, 1.165) is 12.8 Å². The van der Waals surface area contributed by atoms with Crippen molar-refractivity contribution in [3.8, 4) is 0 Å². The van der Waals surface area contributed by atoms with Gasteiger partial charge in [0.2, 0.25) is 0 Å². The molecule has 0 aliphatic rings. The van der Waals surface area contributed by atoms with E-state index in [1.54, 1.807) is 0 Å². The van der Waals surface area contributed by atoms with Gasteiger partial charge in [0.1, 0.15) is 0 Å². The van der Waals surface area contributed by atoms with E-state index < -0.39 is 0 Å². The van der Waals surface area contributed by atoms with Crippen LogP contribution in [-0.4, -0.2) is 3.21 Å². The molecule has 0 nitrogen and oxygen atoms in total. The monoisotopic (exact) mass is 620 g/mol. The van der Waals surface area contributed by atoms with E-state index in [0.29, 0.717) is 0 Å². The van der Waals surface area contributed by atoms with Gasteiger partial charge in [-0.2, -0.15) is 11.6 Å². The van der Waals surface area contributed by atoms with E-state index in [1.807, 2.05) is 0 Å². The van der Waals surface area contributed by atoms with E-state index in [9.17, 15) is 0 Å². The van der Waals surface area contributed by atoms with Gasteiger partial charge in [0.15, 0.2) is 0 Å². The first kappa shape index (κ1) is 29.8. The summed E-state index contributed by atoms with van der Waals surface area (Å²) >= 11 is 1.46. The Labute approximate surface area is 265 Å². The molecule has 0 unspecified atom stereocenters. The van der Waals surface area contributed by atoms with Crippen LogP contribution in [0.15, 0.2) is 133 Å². The summed E-state index contributed by atoms with van der Waals surface area (Å²) in [5, 5.41) is 8.29. The van der Waals surface area contributed by atoms with Crippen LogP contribution in [0.2, 0.25) is 0 Å². The van der Waals surface area contributed by atoms with Gasteiger partial charge in [-0.25, -0.2) is 0 Å². The Morgan fingerprint density at radius 2 is 1.07 bits per heavy atom. The maximum atomic E-state index is 2.32. The first-order chi connectivity index (χ1) is 20.5. The predicted molar refractivity (Wildman–Crippen MR) is 181 cm³/mol. The number of aryl methyl sites for hydroxylation is 4. The summed E-state index contributed by atoms with van der Waals surface area (Å²) in [4.78, 5) is 0. The van der Waals surface area contributed by atoms with Gasteiger partial charge in [-0.15, -0.1) is 68.7 Å². The molecule has 7 rings (SSSR count). The van der Waals surface area contributed by atoms with Crippen LogP contribution in [0.4, 0.5) is 0 Å². The third-order valence-electron chi connectivity index (χ3n) is 7.92. The Kier molecular flexibility index (Phi) is 9.94. The van der Waals surface area contributed by atoms with Gasteiger partial charge < -0.3 is 0 Å². The molecule has 7 aromatic rings. The molecule has 0 N–H and O–H groups in total. The molecular formula is C41H38Zr. The van der Waals surface area contributed by atoms with Crippen LogP contribution in [-0.2, 0) is 37.1 Å². The first-order valence-corrected chi connectivity index (χ1v) is 16.1. The molecule has 0 fully saturated rings. The standard InChI is InChI=1S/C17H17.C13H10.C11H11.Zr/c1-3-12-5-7-16-14(9-12)11-15-10-13(4-2)6-8-17(15)16;1-3-7-12(8-4-1)11-13-9-5-2-6-10-13;1-8-3-6-11-9(2)4-5-10(11)7-8;/h5-11H,3-4H2,1-2H3;1-10H;3-7H,1-2H3;/q-1;;-1;+2. The first-order valence-electron chi connectivity index (χ1n) is 14.9. The minimum atomic E-state index is 1.11. The summed E-state index contributed by atoms with van der Waals surface area (Å²) in [5.41, 5.74) is 8.21. The molecule has 0 aromatic heterocycles. The van der Waals surface area contributed by atoms with E-state index >= 15 is 0 Å². The van der Waals surface area contributed by atoms with Gasteiger partial charge in [0, 0.05) is 0 Å². The third-order valence-corrected chi connectivity index (χ3v) is 9.34.